The molecule has 0 aromatic rings. The molecule has 0 aliphatic carbocycles. The van der Waals surface area contributed by atoms with Gasteiger partial charge in [0.15, 0.2) is 0 Å². The van der Waals surface area contributed by atoms with E-state index in [0.29, 0.717) is 0 Å². The minimum absolute atomic E-state index is 0. The second-order valence-electron chi connectivity index (χ2n) is 4.50. The molecule has 2 heteroatoms. The Balaban J connectivity index is 0. The van der Waals surface area contributed by atoms with E-state index in [0.717, 1.165) is 0 Å². The summed E-state index contributed by atoms with van der Waals surface area (Å²) in [5.41, 5.74) is 0. The van der Waals surface area contributed by atoms with Gasteiger partial charge in [-0.2, -0.15) is 0 Å². The SMILES string of the molecule is CCC[PH](CCC)(CCC)CCC.O. The molecule has 0 saturated carbocycles. The van der Waals surface area contributed by atoms with Crippen molar-refractivity contribution in [1.29, 1.82) is 0 Å². The van der Waals surface area contributed by atoms with E-state index in [9.17, 15) is 0 Å². The second kappa shape index (κ2) is 9.93. The Hall–Kier alpha value is 0.390. The molecule has 0 aromatic carbocycles. The average molecular weight is 222 g/mol. The molecule has 0 spiro atoms. The van der Waals surface area contributed by atoms with Gasteiger partial charge >= 0.3 is 85.3 Å². The van der Waals surface area contributed by atoms with Crippen molar-refractivity contribution in [2.45, 2.75) is 53.4 Å². The molecule has 0 aromatic heterocycles. The van der Waals surface area contributed by atoms with E-state index in [1.54, 1.807) is 24.6 Å². The van der Waals surface area contributed by atoms with Gasteiger partial charge < -0.3 is 5.48 Å². The van der Waals surface area contributed by atoms with Gasteiger partial charge in [-0.1, -0.05) is 0 Å². The van der Waals surface area contributed by atoms with E-state index in [1.165, 1.54) is 25.7 Å². The van der Waals surface area contributed by atoms with Gasteiger partial charge in [-0.15, -0.1) is 0 Å². The fourth-order valence-corrected chi connectivity index (χ4v) is 8.61. The standard InChI is InChI=1S/C12H29P.H2O/c1-5-9-13(10-6-2,11-7-3)12-8-4;/h13H,5-12H2,1-4H3;1H2. The Morgan fingerprint density at radius 1 is 0.571 bits per heavy atom. The molecule has 0 aliphatic rings. The molecule has 0 rings (SSSR count). The van der Waals surface area contributed by atoms with Crippen LogP contribution in [0.4, 0.5) is 0 Å². The first-order valence-corrected chi connectivity index (χ1v) is 9.07. The summed E-state index contributed by atoms with van der Waals surface area (Å²) in [5, 5.41) is 0. The first kappa shape index (κ1) is 16.8. The Labute approximate surface area is 91.3 Å². The number of hydrogen-bond donors (Lipinski definition) is 0. The predicted molar refractivity (Wildman–Crippen MR) is 72.6 cm³/mol. The third-order valence-electron chi connectivity index (χ3n) is 3.12. The summed E-state index contributed by atoms with van der Waals surface area (Å²) in [4.78, 5) is 0. The van der Waals surface area contributed by atoms with E-state index in [2.05, 4.69) is 27.7 Å². The topological polar surface area (TPSA) is 31.5 Å². The van der Waals surface area contributed by atoms with Crippen molar-refractivity contribution in [1.82, 2.24) is 0 Å². The zero-order valence-corrected chi connectivity index (χ0v) is 11.7. The third-order valence-corrected chi connectivity index (χ3v) is 9.36. The van der Waals surface area contributed by atoms with Crippen LogP contribution < -0.4 is 0 Å². The van der Waals surface area contributed by atoms with Gasteiger partial charge in [0, 0.05) is 0 Å². The van der Waals surface area contributed by atoms with Gasteiger partial charge in [0.25, 0.3) is 0 Å². The summed E-state index contributed by atoms with van der Waals surface area (Å²) in [7, 11) is -0.796. The van der Waals surface area contributed by atoms with Crippen LogP contribution in [0.2, 0.25) is 0 Å². The molecule has 0 atom stereocenters. The fourth-order valence-electron chi connectivity index (χ4n) is 2.87. The van der Waals surface area contributed by atoms with Gasteiger partial charge in [-0.05, 0) is 0 Å². The van der Waals surface area contributed by atoms with Crippen molar-refractivity contribution in [3.63, 3.8) is 0 Å². The molecule has 2 N–H and O–H groups in total. The second-order valence-corrected chi connectivity index (χ2v) is 9.50. The minimum Gasteiger partial charge on any atom is -0.412 e. The monoisotopic (exact) mass is 222 g/mol. The van der Waals surface area contributed by atoms with Gasteiger partial charge in [-0.3, -0.25) is 0 Å². The van der Waals surface area contributed by atoms with Crippen LogP contribution in [-0.2, 0) is 0 Å². The predicted octanol–water partition coefficient (Wildman–Crippen LogP) is 3.55. The van der Waals surface area contributed by atoms with Gasteiger partial charge in [0.05, 0.1) is 0 Å². The van der Waals surface area contributed by atoms with Crippen molar-refractivity contribution in [3.8, 4) is 0 Å². The summed E-state index contributed by atoms with van der Waals surface area (Å²) >= 11 is 0. The Morgan fingerprint density at radius 3 is 0.929 bits per heavy atom. The summed E-state index contributed by atoms with van der Waals surface area (Å²) in [6.07, 6.45) is 12.0. The molecular formula is C12H31OP. The molecule has 90 valence electrons. The molecule has 0 bridgehead atoms. The van der Waals surface area contributed by atoms with Gasteiger partial charge in [0.1, 0.15) is 0 Å². The maximum atomic E-state index is 2.36. The summed E-state index contributed by atoms with van der Waals surface area (Å²) < 4.78 is 0. The minimum atomic E-state index is -0.796. The van der Waals surface area contributed by atoms with Crippen LogP contribution in [-0.4, -0.2) is 30.1 Å². The zero-order valence-electron chi connectivity index (χ0n) is 10.7. The fraction of sp³-hybridized carbons (Fsp3) is 1.00. The number of hydrogen-bond acceptors (Lipinski definition) is 0. The Bertz CT molecular complexity index is 85.4. The molecule has 0 radical (unpaired) electrons. The normalized spacial score (nSPS) is 12.3. The molecule has 1 nitrogen and oxygen atoms in total. The van der Waals surface area contributed by atoms with Crippen LogP contribution in [0.1, 0.15) is 53.4 Å². The quantitative estimate of drug-likeness (QED) is 0.562. The van der Waals surface area contributed by atoms with E-state index < -0.39 is 7.26 Å². The van der Waals surface area contributed by atoms with E-state index in [1.807, 2.05) is 0 Å². The molecule has 0 saturated heterocycles. The summed E-state index contributed by atoms with van der Waals surface area (Å²) in [6.45, 7) is 9.46. The maximum absolute atomic E-state index is 2.36. The van der Waals surface area contributed by atoms with Crippen molar-refractivity contribution >= 4 is 7.26 Å². The Kier molecular flexibility index (Phi) is 11.9. The van der Waals surface area contributed by atoms with E-state index >= 15 is 0 Å². The summed E-state index contributed by atoms with van der Waals surface area (Å²) in [5.74, 6) is 0. The Morgan fingerprint density at radius 2 is 0.786 bits per heavy atom. The van der Waals surface area contributed by atoms with Crippen LogP contribution in [0, 0.1) is 0 Å². The van der Waals surface area contributed by atoms with Crippen molar-refractivity contribution in [2.24, 2.45) is 0 Å². The van der Waals surface area contributed by atoms with Crippen LogP contribution in [0.25, 0.3) is 0 Å². The molecule has 0 unspecified atom stereocenters. The largest absolute Gasteiger partial charge is 0.412 e. The van der Waals surface area contributed by atoms with Crippen molar-refractivity contribution in [2.75, 3.05) is 24.6 Å². The first-order valence-electron chi connectivity index (χ1n) is 6.24. The molecular weight excluding hydrogens is 191 g/mol. The van der Waals surface area contributed by atoms with Crippen LogP contribution >= 0.6 is 7.26 Å². The average Bonchev–Trinajstić information content (AvgIpc) is 2.06. The van der Waals surface area contributed by atoms with Crippen molar-refractivity contribution in [3.05, 3.63) is 0 Å². The van der Waals surface area contributed by atoms with Crippen molar-refractivity contribution < 1.29 is 5.48 Å². The zero-order chi connectivity index (χ0) is 10.2. The smallest absolute Gasteiger partial charge is 0.412 e. The number of rotatable bonds is 8. The van der Waals surface area contributed by atoms with E-state index in [4.69, 9.17) is 0 Å². The molecule has 0 heterocycles. The molecule has 14 heavy (non-hydrogen) atoms. The van der Waals surface area contributed by atoms with Crippen LogP contribution in [0.5, 0.6) is 0 Å². The van der Waals surface area contributed by atoms with Gasteiger partial charge in [0.2, 0.25) is 0 Å². The molecule has 0 aliphatic heterocycles. The molecule has 0 fully saturated rings. The summed E-state index contributed by atoms with van der Waals surface area (Å²) in [6, 6.07) is 0. The maximum Gasteiger partial charge on any atom is -0.412 e. The van der Waals surface area contributed by atoms with Crippen LogP contribution in [0.3, 0.4) is 0 Å². The van der Waals surface area contributed by atoms with Gasteiger partial charge in [-0.25, -0.2) is 0 Å². The molecule has 0 amide bonds. The third kappa shape index (κ3) is 5.98. The van der Waals surface area contributed by atoms with Crippen LogP contribution in [0.15, 0.2) is 0 Å². The first-order chi connectivity index (χ1) is 6.24. The van der Waals surface area contributed by atoms with E-state index in [-0.39, 0.29) is 5.48 Å².